The topological polar surface area (TPSA) is 63.0 Å². The molecule has 0 aliphatic heterocycles. The Labute approximate surface area is 147 Å². The van der Waals surface area contributed by atoms with Gasteiger partial charge in [0.15, 0.2) is 0 Å². The Hall–Kier alpha value is -2.30. The first kappa shape index (κ1) is 16.6. The number of benzene rings is 2. The highest BCUT2D eigenvalue weighted by Gasteiger charge is 2.05. The zero-order valence-corrected chi connectivity index (χ0v) is 14.4. The van der Waals surface area contributed by atoms with E-state index in [1.54, 1.807) is 6.20 Å². The number of anilines is 2. The van der Waals surface area contributed by atoms with Crippen LogP contribution in [0.15, 0.2) is 48.7 Å². The molecular weight excluding hydrogens is 320 g/mol. The van der Waals surface area contributed by atoms with Crippen molar-refractivity contribution < 1.29 is 0 Å². The number of hydrogen-bond acceptors (Lipinski definition) is 4. The number of halogens is 1. The lowest BCUT2D eigenvalue weighted by Crippen LogP contribution is -2.22. The number of nitrogens with one attached hydrogen (secondary N) is 2. The smallest absolute Gasteiger partial charge is 0.0703 e. The molecule has 0 aliphatic carbocycles. The molecule has 0 fully saturated rings. The summed E-state index contributed by atoms with van der Waals surface area (Å²) in [5.41, 5.74) is 17.7. The van der Waals surface area contributed by atoms with Gasteiger partial charge in [0.2, 0.25) is 0 Å². The van der Waals surface area contributed by atoms with Crippen molar-refractivity contribution in [2.75, 3.05) is 11.2 Å². The molecule has 2 aromatic carbocycles. The molecule has 0 amide bonds. The second-order valence-corrected chi connectivity index (χ2v) is 6.22. The van der Waals surface area contributed by atoms with Gasteiger partial charge in [0.1, 0.15) is 0 Å². The van der Waals surface area contributed by atoms with Crippen LogP contribution >= 0.6 is 11.6 Å². The van der Waals surface area contributed by atoms with Gasteiger partial charge >= 0.3 is 0 Å². The highest BCUT2D eigenvalue weighted by Crippen LogP contribution is 2.23. The minimum atomic E-state index is 0.648. The molecule has 0 saturated carbocycles. The van der Waals surface area contributed by atoms with Crippen molar-refractivity contribution in [2.24, 2.45) is 0 Å². The molecule has 3 aromatic rings. The molecule has 24 heavy (non-hydrogen) atoms. The van der Waals surface area contributed by atoms with E-state index in [1.807, 2.05) is 30.3 Å². The van der Waals surface area contributed by atoms with Gasteiger partial charge in [-0.15, -0.1) is 0 Å². The molecule has 0 spiro atoms. The van der Waals surface area contributed by atoms with E-state index in [2.05, 4.69) is 34.9 Å². The number of hydrazine groups is 1. The van der Waals surface area contributed by atoms with Gasteiger partial charge in [0.05, 0.1) is 16.2 Å². The van der Waals surface area contributed by atoms with Crippen LogP contribution in [-0.2, 0) is 13.0 Å². The SMILES string of the molecule is CCCc1c(N)cccc1NNCc1ccc2ncc(Cl)cc2c1. The van der Waals surface area contributed by atoms with E-state index >= 15 is 0 Å². The molecule has 4 N–H and O–H groups in total. The summed E-state index contributed by atoms with van der Waals surface area (Å²) in [6, 6.07) is 14.0. The number of fused-ring (bicyclic) bond motifs is 1. The Kier molecular flexibility index (Phi) is 5.18. The second-order valence-electron chi connectivity index (χ2n) is 5.78. The summed E-state index contributed by atoms with van der Waals surface area (Å²) >= 11 is 6.02. The molecule has 124 valence electrons. The van der Waals surface area contributed by atoms with Crippen LogP contribution < -0.4 is 16.6 Å². The summed E-state index contributed by atoms with van der Waals surface area (Å²) in [4.78, 5) is 4.31. The average molecular weight is 341 g/mol. The van der Waals surface area contributed by atoms with E-state index in [4.69, 9.17) is 17.3 Å². The number of nitrogens with zero attached hydrogens (tertiary/aromatic N) is 1. The molecular formula is C19H21ClN4. The first-order valence-electron chi connectivity index (χ1n) is 8.08. The summed E-state index contributed by atoms with van der Waals surface area (Å²) < 4.78 is 0. The first-order valence-corrected chi connectivity index (χ1v) is 8.45. The van der Waals surface area contributed by atoms with Crippen molar-refractivity contribution in [3.05, 3.63) is 64.8 Å². The maximum Gasteiger partial charge on any atom is 0.0703 e. The summed E-state index contributed by atoms with van der Waals surface area (Å²) in [7, 11) is 0. The van der Waals surface area contributed by atoms with Crippen LogP contribution in [0.3, 0.4) is 0 Å². The van der Waals surface area contributed by atoms with Gasteiger partial charge in [0, 0.05) is 23.8 Å². The Morgan fingerprint density at radius 3 is 2.88 bits per heavy atom. The van der Waals surface area contributed by atoms with E-state index in [1.165, 1.54) is 0 Å². The molecule has 0 bridgehead atoms. The molecule has 1 aromatic heterocycles. The van der Waals surface area contributed by atoms with Crippen molar-refractivity contribution in [3.63, 3.8) is 0 Å². The molecule has 1 heterocycles. The van der Waals surface area contributed by atoms with Crippen molar-refractivity contribution in [1.82, 2.24) is 10.4 Å². The molecule has 0 aliphatic rings. The number of aromatic nitrogens is 1. The van der Waals surface area contributed by atoms with Crippen molar-refractivity contribution >= 4 is 33.9 Å². The van der Waals surface area contributed by atoms with E-state index < -0.39 is 0 Å². The Balaban J connectivity index is 1.69. The van der Waals surface area contributed by atoms with Crippen molar-refractivity contribution in [2.45, 2.75) is 26.3 Å². The third kappa shape index (κ3) is 3.78. The van der Waals surface area contributed by atoms with Gasteiger partial charge in [-0.2, -0.15) is 0 Å². The molecule has 0 unspecified atom stereocenters. The van der Waals surface area contributed by atoms with Gasteiger partial charge < -0.3 is 11.2 Å². The molecule has 0 atom stereocenters. The van der Waals surface area contributed by atoms with Gasteiger partial charge in [0.25, 0.3) is 0 Å². The number of pyridine rings is 1. The van der Waals surface area contributed by atoms with Crippen LogP contribution in [-0.4, -0.2) is 4.98 Å². The van der Waals surface area contributed by atoms with Crippen molar-refractivity contribution in [3.8, 4) is 0 Å². The highest BCUT2D eigenvalue weighted by molar-refractivity contribution is 6.31. The van der Waals surface area contributed by atoms with Gasteiger partial charge in [-0.3, -0.25) is 4.98 Å². The number of nitrogens with two attached hydrogens (primary N) is 1. The number of nitrogen functional groups attached to an aromatic ring is 1. The Morgan fingerprint density at radius 1 is 1.17 bits per heavy atom. The summed E-state index contributed by atoms with van der Waals surface area (Å²) in [5, 5.41) is 1.69. The fraction of sp³-hybridized carbons (Fsp3) is 0.211. The summed E-state index contributed by atoms with van der Waals surface area (Å²) in [6.45, 7) is 2.83. The highest BCUT2D eigenvalue weighted by atomic mass is 35.5. The quantitative estimate of drug-likeness (QED) is 0.455. The van der Waals surface area contributed by atoms with Gasteiger partial charge in [-0.1, -0.05) is 37.1 Å². The van der Waals surface area contributed by atoms with Crippen LogP contribution in [0, 0.1) is 0 Å². The zero-order chi connectivity index (χ0) is 16.9. The molecule has 5 heteroatoms. The molecule has 0 radical (unpaired) electrons. The fourth-order valence-corrected chi connectivity index (χ4v) is 2.92. The van der Waals surface area contributed by atoms with Crippen LogP contribution in [0.2, 0.25) is 5.02 Å². The minimum absolute atomic E-state index is 0.648. The normalized spacial score (nSPS) is 10.9. The lowest BCUT2D eigenvalue weighted by Gasteiger charge is -2.15. The molecule has 3 rings (SSSR count). The lowest BCUT2D eigenvalue weighted by atomic mass is 10.1. The maximum atomic E-state index is 6.08. The number of rotatable bonds is 6. The maximum absolute atomic E-state index is 6.08. The number of hydrogen-bond donors (Lipinski definition) is 3. The minimum Gasteiger partial charge on any atom is -0.398 e. The summed E-state index contributed by atoms with van der Waals surface area (Å²) in [6.07, 6.45) is 3.68. The Bertz CT molecular complexity index is 848. The van der Waals surface area contributed by atoms with E-state index in [9.17, 15) is 0 Å². The second kappa shape index (κ2) is 7.51. The Morgan fingerprint density at radius 2 is 2.04 bits per heavy atom. The van der Waals surface area contributed by atoms with Crippen molar-refractivity contribution in [1.29, 1.82) is 0 Å². The van der Waals surface area contributed by atoms with E-state index in [0.717, 1.165) is 46.2 Å². The van der Waals surface area contributed by atoms with Crippen LogP contribution in [0.4, 0.5) is 11.4 Å². The largest absolute Gasteiger partial charge is 0.398 e. The predicted octanol–water partition coefficient (Wildman–Crippen LogP) is 4.54. The van der Waals surface area contributed by atoms with Crippen LogP contribution in [0.25, 0.3) is 10.9 Å². The fourth-order valence-electron chi connectivity index (χ4n) is 2.76. The molecule has 0 saturated heterocycles. The summed E-state index contributed by atoms with van der Waals surface area (Å²) in [5.74, 6) is 0. The average Bonchev–Trinajstić information content (AvgIpc) is 2.57. The van der Waals surface area contributed by atoms with Crippen LogP contribution in [0.1, 0.15) is 24.5 Å². The monoisotopic (exact) mass is 340 g/mol. The van der Waals surface area contributed by atoms with E-state index in [0.29, 0.717) is 11.6 Å². The molecule has 4 nitrogen and oxygen atoms in total. The van der Waals surface area contributed by atoms with Gasteiger partial charge in [-0.25, -0.2) is 5.43 Å². The zero-order valence-electron chi connectivity index (χ0n) is 13.6. The van der Waals surface area contributed by atoms with Gasteiger partial charge in [-0.05, 0) is 47.9 Å². The first-order chi connectivity index (χ1) is 11.7. The third-order valence-electron chi connectivity index (χ3n) is 3.94. The standard InChI is InChI=1S/C19H21ClN4/c1-2-4-16-17(21)5-3-6-19(16)24-23-11-13-7-8-18-14(9-13)10-15(20)12-22-18/h3,5-10,12,23-24H,2,4,11,21H2,1H3. The van der Waals surface area contributed by atoms with E-state index in [-0.39, 0.29) is 0 Å². The van der Waals surface area contributed by atoms with Crippen LogP contribution in [0.5, 0.6) is 0 Å². The lowest BCUT2D eigenvalue weighted by molar-refractivity contribution is 0.796. The predicted molar refractivity (Wildman–Crippen MR) is 102 cm³/mol. The third-order valence-corrected chi connectivity index (χ3v) is 4.15.